The molecular formula is C21H33O10P. The molecule has 0 rings (SSSR count). The molecule has 0 saturated carbocycles. The van der Waals surface area contributed by atoms with Gasteiger partial charge in [0.2, 0.25) is 0 Å². The summed E-state index contributed by atoms with van der Waals surface area (Å²) in [6, 6.07) is 0. The van der Waals surface area contributed by atoms with Crippen LogP contribution in [0.5, 0.6) is 0 Å². The molecule has 0 aromatic heterocycles. The van der Waals surface area contributed by atoms with E-state index in [1.54, 1.807) is 0 Å². The van der Waals surface area contributed by atoms with Gasteiger partial charge in [-0.3, -0.25) is 13.6 Å². The quantitative estimate of drug-likeness (QED) is 0.0951. The fourth-order valence-corrected chi connectivity index (χ4v) is 2.96. The lowest BCUT2D eigenvalue weighted by Gasteiger charge is -2.18. The number of hydrogen-bond donors (Lipinski definition) is 0. The minimum absolute atomic E-state index is 0.0411. The predicted molar refractivity (Wildman–Crippen MR) is 117 cm³/mol. The Kier molecular flexibility index (Phi) is 15.2. The van der Waals surface area contributed by atoms with Crippen LogP contribution in [-0.4, -0.2) is 57.5 Å². The highest BCUT2D eigenvalue weighted by atomic mass is 31.2. The summed E-state index contributed by atoms with van der Waals surface area (Å²) in [5.74, 6) is -1.60. The van der Waals surface area contributed by atoms with Crippen LogP contribution < -0.4 is 0 Å². The standard InChI is InChI=1S/C21H33O10P/c1-16(2)19(22)26-10-7-13-29-32(25,30-14-8-11-27-20(23)17(3)4)31-15-9-12-28-21(24)18(5)6/h1,3,5,7-15H2,2,4,6H3. The average molecular weight is 476 g/mol. The summed E-state index contributed by atoms with van der Waals surface area (Å²) < 4.78 is 43.3. The number of carbonyl (C=O) groups is 3. The zero-order chi connectivity index (χ0) is 24.6. The van der Waals surface area contributed by atoms with E-state index in [9.17, 15) is 18.9 Å². The van der Waals surface area contributed by atoms with Crippen molar-refractivity contribution in [3.05, 3.63) is 36.5 Å². The summed E-state index contributed by atoms with van der Waals surface area (Å²) >= 11 is 0. The summed E-state index contributed by atoms with van der Waals surface area (Å²) in [4.78, 5) is 34.0. The summed E-state index contributed by atoms with van der Waals surface area (Å²) in [6.45, 7) is 14.9. The third-order valence-corrected chi connectivity index (χ3v) is 4.86. The molecule has 0 aliphatic carbocycles. The molecule has 0 unspecified atom stereocenters. The van der Waals surface area contributed by atoms with Gasteiger partial charge in [-0.05, 0) is 20.8 Å². The van der Waals surface area contributed by atoms with E-state index < -0.39 is 25.7 Å². The molecule has 182 valence electrons. The Labute approximate surface area is 189 Å². The Balaban J connectivity index is 4.47. The van der Waals surface area contributed by atoms with Crippen molar-refractivity contribution >= 4 is 25.7 Å². The van der Waals surface area contributed by atoms with Crippen molar-refractivity contribution in [2.24, 2.45) is 0 Å². The molecule has 32 heavy (non-hydrogen) atoms. The van der Waals surface area contributed by atoms with Crippen LogP contribution in [0, 0.1) is 0 Å². The van der Waals surface area contributed by atoms with Crippen molar-refractivity contribution in [3.8, 4) is 0 Å². The third-order valence-electron chi connectivity index (χ3n) is 3.36. The Hall–Kier alpha value is -2.26. The number of phosphoric acid groups is 1. The monoisotopic (exact) mass is 476 g/mol. The molecule has 0 aromatic carbocycles. The van der Waals surface area contributed by atoms with E-state index in [0.29, 0.717) is 0 Å². The van der Waals surface area contributed by atoms with Gasteiger partial charge in [0.15, 0.2) is 0 Å². The number of carbonyl (C=O) groups excluding carboxylic acids is 3. The van der Waals surface area contributed by atoms with E-state index in [4.69, 9.17) is 27.8 Å². The highest BCUT2D eigenvalue weighted by Gasteiger charge is 2.26. The maximum Gasteiger partial charge on any atom is 0.474 e. The van der Waals surface area contributed by atoms with Gasteiger partial charge in [0, 0.05) is 36.0 Å². The van der Waals surface area contributed by atoms with Gasteiger partial charge in [0.1, 0.15) is 0 Å². The molecule has 0 aromatic rings. The van der Waals surface area contributed by atoms with Gasteiger partial charge in [0.25, 0.3) is 0 Å². The molecular weight excluding hydrogens is 443 g/mol. The SMILES string of the molecule is C=C(C)C(=O)OCCCOP(=O)(OCCCOC(=O)C(=C)C)OCCCOC(=O)C(=C)C. The van der Waals surface area contributed by atoms with Crippen molar-refractivity contribution in [1.29, 1.82) is 0 Å². The van der Waals surface area contributed by atoms with Crippen LogP contribution in [0.2, 0.25) is 0 Å². The van der Waals surface area contributed by atoms with Crippen LogP contribution in [-0.2, 0) is 46.7 Å². The third kappa shape index (κ3) is 14.7. The molecule has 0 N–H and O–H groups in total. The first-order valence-electron chi connectivity index (χ1n) is 10.00. The molecule has 0 bridgehead atoms. The Morgan fingerprint density at radius 1 is 0.562 bits per heavy atom. The lowest BCUT2D eigenvalue weighted by molar-refractivity contribution is -0.140. The second-order valence-electron chi connectivity index (χ2n) is 6.76. The maximum atomic E-state index is 12.8. The summed E-state index contributed by atoms with van der Waals surface area (Å²) in [6.07, 6.45) is 0.756. The number of rotatable bonds is 18. The molecule has 0 spiro atoms. The molecule has 0 aliphatic heterocycles. The Morgan fingerprint density at radius 2 is 0.812 bits per heavy atom. The van der Waals surface area contributed by atoms with E-state index in [0.717, 1.165) is 0 Å². The van der Waals surface area contributed by atoms with E-state index in [1.165, 1.54) is 20.8 Å². The molecule has 0 aliphatic rings. The van der Waals surface area contributed by atoms with Crippen LogP contribution in [0.25, 0.3) is 0 Å². The van der Waals surface area contributed by atoms with Crippen molar-refractivity contribution in [2.75, 3.05) is 39.6 Å². The molecule has 0 fully saturated rings. The van der Waals surface area contributed by atoms with Gasteiger partial charge in [0.05, 0.1) is 39.6 Å². The molecule has 11 heteroatoms. The first-order chi connectivity index (χ1) is 15.0. The van der Waals surface area contributed by atoms with Crippen molar-refractivity contribution < 1.29 is 46.7 Å². The van der Waals surface area contributed by atoms with Gasteiger partial charge in [-0.2, -0.15) is 0 Å². The number of phosphoric ester groups is 1. The number of ether oxygens (including phenoxy) is 3. The normalized spacial score (nSPS) is 10.8. The lowest BCUT2D eigenvalue weighted by atomic mass is 10.4. The molecule has 0 heterocycles. The van der Waals surface area contributed by atoms with Gasteiger partial charge in [-0.25, -0.2) is 18.9 Å². The largest absolute Gasteiger partial charge is 0.474 e. The second kappa shape index (κ2) is 16.4. The average Bonchev–Trinajstić information content (AvgIpc) is 2.72. The minimum atomic E-state index is -3.94. The van der Waals surface area contributed by atoms with Gasteiger partial charge < -0.3 is 14.2 Å². The molecule has 10 nitrogen and oxygen atoms in total. The van der Waals surface area contributed by atoms with Crippen LogP contribution >= 0.6 is 7.82 Å². The first-order valence-corrected chi connectivity index (χ1v) is 11.5. The highest BCUT2D eigenvalue weighted by Crippen LogP contribution is 2.49. The number of esters is 3. The maximum absolute atomic E-state index is 12.8. The first kappa shape index (κ1) is 29.7. The second-order valence-corrected chi connectivity index (χ2v) is 8.43. The van der Waals surface area contributed by atoms with E-state index in [2.05, 4.69) is 19.7 Å². The van der Waals surface area contributed by atoms with Crippen LogP contribution in [0.3, 0.4) is 0 Å². The zero-order valence-electron chi connectivity index (χ0n) is 19.0. The fourth-order valence-electron chi connectivity index (χ4n) is 1.68. The van der Waals surface area contributed by atoms with Gasteiger partial charge in [-0.1, -0.05) is 19.7 Å². The zero-order valence-corrected chi connectivity index (χ0v) is 19.9. The number of hydrogen-bond acceptors (Lipinski definition) is 10. The van der Waals surface area contributed by atoms with Gasteiger partial charge >= 0.3 is 25.7 Å². The Bertz CT molecular complexity index is 633. The lowest BCUT2D eigenvalue weighted by Crippen LogP contribution is -2.11. The predicted octanol–water partition coefficient (Wildman–Crippen LogP) is 3.67. The van der Waals surface area contributed by atoms with Crippen molar-refractivity contribution in [1.82, 2.24) is 0 Å². The molecule has 0 atom stereocenters. The van der Waals surface area contributed by atoms with E-state index in [-0.39, 0.29) is 75.6 Å². The summed E-state index contributed by atoms with van der Waals surface area (Å²) in [5.41, 5.74) is 0.800. The van der Waals surface area contributed by atoms with Crippen LogP contribution in [0.4, 0.5) is 0 Å². The summed E-state index contributed by atoms with van der Waals surface area (Å²) in [5, 5.41) is 0. The topological polar surface area (TPSA) is 124 Å². The van der Waals surface area contributed by atoms with Crippen LogP contribution in [0.15, 0.2) is 36.5 Å². The van der Waals surface area contributed by atoms with E-state index in [1.807, 2.05) is 0 Å². The van der Waals surface area contributed by atoms with Crippen LogP contribution in [0.1, 0.15) is 40.0 Å². The Morgan fingerprint density at radius 3 is 1.03 bits per heavy atom. The van der Waals surface area contributed by atoms with E-state index >= 15 is 0 Å². The minimum Gasteiger partial charge on any atom is -0.462 e. The fraction of sp³-hybridized carbons (Fsp3) is 0.571. The summed E-state index contributed by atoms with van der Waals surface area (Å²) in [7, 11) is -3.94. The molecule has 0 saturated heterocycles. The van der Waals surface area contributed by atoms with Crippen molar-refractivity contribution in [3.63, 3.8) is 0 Å². The highest BCUT2D eigenvalue weighted by molar-refractivity contribution is 7.48. The van der Waals surface area contributed by atoms with Gasteiger partial charge in [-0.15, -0.1) is 0 Å². The smallest absolute Gasteiger partial charge is 0.462 e. The molecule has 0 radical (unpaired) electrons. The van der Waals surface area contributed by atoms with Crippen molar-refractivity contribution in [2.45, 2.75) is 40.0 Å². The molecule has 0 amide bonds.